The molecule has 108 valence electrons. The highest BCUT2D eigenvalue weighted by Crippen LogP contribution is 2.29. The maximum atomic E-state index is 10.5. The summed E-state index contributed by atoms with van der Waals surface area (Å²) in [6.07, 6.45) is 1.58. The molecule has 0 bridgehead atoms. The van der Waals surface area contributed by atoms with Gasteiger partial charge in [0.25, 0.3) is 0 Å². The highest BCUT2D eigenvalue weighted by atomic mass is 79.9. The lowest BCUT2D eigenvalue weighted by molar-refractivity contribution is 0.303. The number of carbonyl (C=O) groups excluding carboxylic acids is 1. The third-order valence-electron chi connectivity index (χ3n) is 3.42. The molecule has 0 aliphatic heterocycles. The summed E-state index contributed by atoms with van der Waals surface area (Å²) >= 11 is 3.47. The lowest BCUT2D eigenvalue weighted by Crippen LogP contribution is -1.99. The largest absolute Gasteiger partial charge is 0.489 e. The summed E-state index contributed by atoms with van der Waals surface area (Å²) in [5.74, 6) is 0.842. The standard InChI is InChI=1S/C17H16BrNO2/c1-11-7-13(3)17(8-12(11)2)21-9-14-15(18)5-4-6-16(14)19-10-20/h4-8H,9H2,1-3H3. The molecule has 0 fully saturated rings. The van der Waals surface area contributed by atoms with Crippen LogP contribution in [0, 0.1) is 20.8 Å². The van der Waals surface area contributed by atoms with Gasteiger partial charge in [-0.25, -0.2) is 4.79 Å². The molecule has 0 heterocycles. The fraction of sp³-hybridized carbons (Fsp3) is 0.235. The fourth-order valence-electron chi connectivity index (χ4n) is 2.08. The first-order valence-corrected chi connectivity index (χ1v) is 7.38. The number of isocyanates is 1. The molecule has 3 nitrogen and oxygen atoms in total. The van der Waals surface area contributed by atoms with Crippen molar-refractivity contribution in [3.8, 4) is 5.75 Å². The Morgan fingerprint density at radius 2 is 1.86 bits per heavy atom. The minimum Gasteiger partial charge on any atom is -0.489 e. The van der Waals surface area contributed by atoms with E-state index in [1.807, 2.05) is 25.1 Å². The van der Waals surface area contributed by atoms with Crippen LogP contribution in [0.4, 0.5) is 5.69 Å². The number of benzene rings is 2. The van der Waals surface area contributed by atoms with Gasteiger partial charge >= 0.3 is 0 Å². The first kappa shape index (κ1) is 15.5. The lowest BCUT2D eigenvalue weighted by atomic mass is 10.1. The van der Waals surface area contributed by atoms with E-state index in [9.17, 15) is 4.79 Å². The third kappa shape index (κ3) is 3.60. The summed E-state index contributed by atoms with van der Waals surface area (Å²) in [6.45, 7) is 6.50. The molecular formula is C17H16BrNO2. The van der Waals surface area contributed by atoms with Crippen LogP contribution in [0.2, 0.25) is 0 Å². The van der Waals surface area contributed by atoms with Crippen molar-refractivity contribution < 1.29 is 9.53 Å². The van der Waals surface area contributed by atoms with Crippen LogP contribution in [0.25, 0.3) is 0 Å². The van der Waals surface area contributed by atoms with E-state index >= 15 is 0 Å². The van der Waals surface area contributed by atoms with Crippen LogP contribution in [0.5, 0.6) is 5.75 Å². The topological polar surface area (TPSA) is 38.7 Å². The fourth-order valence-corrected chi connectivity index (χ4v) is 2.55. The quantitative estimate of drug-likeness (QED) is 0.582. The number of aliphatic imine (C=N–C) groups is 1. The van der Waals surface area contributed by atoms with Crippen molar-refractivity contribution in [1.82, 2.24) is 0 Å². The molecule has 0 aliphatic rings. The van der Waals surface area contributed by atoms with Gasteiger partial charge in [0.05, 0.1) is 5.69 Å². The van der Waals surface area contributed by atoms with E-state index in [1.54, 1.807) is 12.1 Å². The monoisotopic (exact) mass is 345 g/mol. The molecule has 0 aromatic heterocycles. The molecule has 0 spiro atoms. The molecule has 0 saturated carbocycles. The van der Waals surface area contributed by atoms with Crippen molar-refractivity contribution in [2.75, 3.05) is 0 Å². The van der Waals surface area contributed by atoms with Gasteiger partial charge in [-0.2, -0.15) is 4.99 Å². The van der Waals surface area contributed by atoms with Gasteiger partial charge < -0.3 is 4.74 Å². The average molecular weight is 346 g/mol. The average Bonchev–Trinajstić information content (AvgIpc) is 2.44. The molecule has 0 aliphatic carbocycles. The van der Waals surface area contributed by atoms with E-state index in [0.29, 0.717) is 12.3 Å². The summed E-state index contributed by atoms with van der Waals surface area (Å²) < 4.78 is 6.77. The predicted molar refractivity (Wildman–Crippen MR) is 86.9 cm³/mol. The molecule has 4 heteroatoms. The third-order valence-corrected chi connectivity index (χ3v) is 4.17. The Kier molecular flexibility index (Phi) is 4.94. The highest BCUT2D eigenvalue weighted by molar-refractivity contribution is 9.10. The van der Waals surface area contributed by atoms with E-state index in [1.165, 1.54) is 11.1 Å². The van der Waals surface area contributed by atoms with E-state index in [-0.39, 0.29) is 0 Å². The normalized spacial score (nSPS) is 10.1. The van der Waals surface area contributed by atoms with E-state index in [2.05, 4.69) is 40.8 Å². The molecule has 2 aromatic rings. The SMILES string of the molecule is Cc1cc(C)c(OCc2c(Br)cccc2N=C=O)cc1C. The van der Waals surface area contributed by atoms with Crippen LogP contribution in [-0.2, 0) is 11.4 Å². The van der Waals surface area contributed by atoms with Crippen LogP contribution in [-0.4, -0.2) is 6.08 Å². The van der Waals surface area contributed by atoms with Gasteiger partial charge in [-0.05, 0) is 55.7 Å². The van der Waals surface area contributed by atoms with Crippen molar-refractivity contribution in [3.05, 3.63) is 57.1 Å². The minimum atomic E-state index is 0.339. The minimum absolute atomic E-state index is 0.339. The smallest absolute Gasteiger partial charge is 0.240 e. The van der Waals surface area contributed by atoms with E-state index in [4.69, 9.17) is 4.74 Å². The summed E-state index contributed by atoms with van der Waals surface area (Å²) in [4.78, 5) is 14.2. The number of aryl methyl sites for hydroxylation is 3. The van der Waals surface area contributed by atoms with Gasteiger partial charge in [0.15, 0.2) is 0 Å². The van der Waals surface area contributed by atoms with Gasteiger partial charge in [0, 0.05) is 10.0 Å². The first-order chi connectivity index (χ1) is 10.0. The maximum Gasteiger partial charge on any atom is 0.240 e. The van der Waals surface area contributed by atoms with Crippen molar-refractivity contribution >= 4 is 27.7 Å². The van der Waals surface area contributed by atoms with Crippen molar-refractivity contribution in [2.24, 2.45) is 4.99 Å². The second kappa shape index (κ2) is 6.70. The summed E-state index contributed by atoms with van der Waals surface area (Å²) in [5, 5.41) is 0. The number of nitrogens with zero attached hydrogens (tertiary/aromatic N) is 1. The predicted octanol–water partition coefficient (Wildman–Crippen LogP) is 4.92. The maximum absolute atomic E-state index is 10.5. The molecule has 0 saturated heterocycles. The Labute approximate surface area is 132 Å². The van der Waals surface area contributed by atoms with Crippen LogP contribution in [0.3, 0.4) is 0 Å². The summed E-state index contributed by atoms with van der Waals surface area (Å²) in [6, 6.07) is 9.63. The van der Waals surface area contributed by atoms with Crippen LogP contribution in [0.15, 0.2) is 39.8 Å². The van der Waals surface area contributed by atoms with Crippen LogP contribution in [0.1, 0.15) is 22.3 Å². The Balaban J connectivity index is 2.28. The first-order valence-electron chi connectivity index (χ1n) is 6.59. The molecule has 0 amide bonds. The summed E-state index contributed by atoms with van der Waals surface area (Å²) in [7, 11) is 0. The number of halogens is 1. The number of hydrogen-bond acceptors (Lipinski definition) is 3. The van der Waals surface area contributed by atoms with Gasteiger partial charge in [-0.1, -0.05) is 28.1 Å². The van der Waals surface area contributed by atoms with Crippen molar-refractivity contribution in [3.63, 3.8) is 0 Å². The Morgan fingerprint density at radius 1 is 1.14 bits per heavy atom. The van der Waals surface area contributed by atoms with Gasteiger partial charge in [0.1, 0.15) is 12.4 Å². The Hall–Kier alpha value is -1.90. The van der Waals surface area contributed by atoms with E-state index < -0.39 is 0 Å². The molecule has 0 atom stereocenters. The van der Waals surface area contributed by atoms with Crippen molar-refractivity contribution in [2.45, 2.75) is 27.4 Å². The zero-order valence-corrected chi connectivity index (χ0v) is 13.8. The van der Waals surface area contributed by atoms with Gasteiger partial charge in [-0.3, -0.25) is 0 Å². The molecule has 0 unspecified atom stereocenters. The summed E-state index contributed by atoms with van der Waals surface area (Å²) in [5.41, 5.74) is 4.92. The number of hydrogen-bond donors (Lipinski definition) is 0. The second-order valence-electron chi connectivity index (χ2n) is 4.93. The molecule has 21 heavy (non-hydrogen) atoms. The van der Waals surface area contributed by atoms with Crippen LogP contribution < -0.4 is 4.74 Å². The molecule has 0 radical (unpaired) electrons. The zero-order chi connectivity index (χ0) is 15.4. The molecule has 2 rings (SSSR count). The Bertz CT molecular complexity index is 719. The van der Waals surface area contributed by atoms with Gasteiger partial charge in [0.2, 0.25) is 6.08 Å². The lowest BCUT2D eigenvalue weighted by Gasteiger charge is -2.13. The van der Waals surface area contributed by atoms with Crippen molar-refractivity contribution in [1.29, 1.82) is 0 Å². The van der Waals surface area contributed by atoms with Gasteiger partial charge in [-0.15, -0.1) is 0 Å². The molecule has 2 aromatic carbocycles. The second-order valence-corrected chi connectivity index (χ2v) is 5.79. The van der Waals surface area contributed by atoms with E-state index in [0.717, 1.165) is 21.3 Å². The zero-order valence-electron chi connectivity index (χ0n) is 12.2. The molecule has 0 N–H and O–H groups in total. The number of ether oxygens (including phenoxy) is 1. The van der Waals surface area contributed by atoms with Crippen LogP contribution >= 0.6 is 15.9 Å². The Morgan fingerprint density at radius 3 is 2.57 bits per heavy atom. The number of rotatable bonds is 4. The highest BCUT2D eigenvalue weighted by Gasteiger charge is 2.09. The molecular weight excluding hydrogens is 330 g/mol.